The van der Waals surface area contributed by atoms with Crippen LogP contribution in [-0.4, -0.2) is 20.8 Å². The van der Waals surface area contributed by atoms with E-state index in [1.807, 2.05) is 0 Å². The molecule has 19 heavy (non-hydrogen) atoms. The number of carbonyl (C=O) groups is 1. The number of halogens is 1. The van der Waals surface area contributed by atoms with Gasteiger partial charge in [-0.3, -0.25) is 14.9 Å². The van der Waals surface area contributed by atoms with Gasteiger partial charge in [0, 0.05) is 5.56 Å². The average molecular weight is 279 g/mol. The summed E-state index contributed by atoms with van der Waals surface area (Å²) in [5, 5.41) is 12.9. The van der Waals surface area contributed by atoms with Gasteiger partial charge in [-0.2, -0.15) is 0 Å². The van der Waals surface area contributed by atoms with Gasteiger partial charge >= 0.3 is 5.69 Å². The summed E-state index contributed by atoms with van der Waals surface area (Å²) in [6.07, 6.45) is 1.04. The largest absolute Gasteiger partial charge is 0.348 e. The first-order valence-electron chi connectivity index (χ1n) is 5.11. The summed E-state index contributed by atoms with van der Waals surface area (Å²) in [6, 6.07) is 8.25. The van der Waals surface area contributed by atoms with Crippen molar-refractivity contribution in [3.63, 3.8) is 0 Å². The van der Waals surface area contributed by atoms with Gasteiger partial charge in [0.05, 0.1) is 4.92 Å². The summed E-state index contributed by atoms with van der Waals surface area (Å²) in [5.41, 5.74) is -0.181. The molecule has 0 saturated carbocycles. The summed E-state index contributed by atoms with van der Waals surface area (Å²) in [4.78, 5) is 29.1. The lowest BCUT2D eigenvalue weighted by molar-refractivity contribution is -0.384. The van der Waals surface area contributed by atoms with Crippen molar-refractivity contribution in [2.75, 3.05) is 5.32 Å². The Hall–Kier alpha value is -2.54. The lowest BCUT2D eigenvalue weighted by Crippen LogP contribution is -2.14. The number of rotatable bonds is 3. The minimum Gasteiger partial charge on any atom is -0.301 e. The van der Waals surface area contributed by atoms with Crippen molar-refractivity contribution >= 4 is 29.0 Å². The Balaban J connectivity index is 2.32. The Morgan fingerprint density at radius 3 is 2.58 bits per heavy atom. The number of nitrogens with zero attached hydrogens (tertiary/aromatic N) is 3. The van der Waals surface area contributed by atoms with Gasteiger partial charge < -0.3 is 5.32 Å². The summed E-state index contributed by atoms with van der Waals surface area (Å²) in [5.74, 6) is -0.752. The van der Waals surface area contributed by atoms with Crippen LogP contribution in [0.3, 0.4) is 0 Å². The number of carbonyl (C=O) groups excluding carboxylic acids is 1. The first-order valence-corrected chi connectivity index (χ1v) is 5.48. The molecule has 1 aromatic carbocycles. The molecule has 1 amide bonds. The third kappa shape index (κ3) is 2.83. The number of anilines is 1. The van der Waals surface area contributed by atoms with Gasteiger partial charge in [-0.1, -0.05) is 29.8 Å². The molecule has 0 fully saturated rings. The molecule has 1 heterocycles. The van der Waals surface area contributed by atoms with E-state index in [0.29, 0.717) is 5.56 Å². The van der Waals surface area contributed by atoms with Crippen molar-refractivity contribution in [3.05, 3.63) is 57.5 Å². The maximum absolute atomic E-state index is 11.9. The van der Waals surface area contributed by atoms with Crippen LogP contribution in [0.4, 0.5) is 11.5 Å². The Morgan fingerprint density at radius 2 is 1.95 bits per heavy atom. The van der Waals surface area contributed by atoms with Crippen LogP contribution in [0.5, 0.6) is 0 Å². The van der Waals surface area contributed by atoms with E-state index >= 15 is 0 Å². The van der Waals surface area contributed by atoms with Crippen LogP contribution in [0.25, 0.3) is 0 Å². The van der Waals surface area contributed by atoms with Crippen molar-refractivity contribution in [2.45, 2.75) is 0 Å². The quantitative estimate of drug-likeness (QED) is 0.527. The van der Waals surface area contributed by atoms with E-state index in [9.17, 15) is 14.9 Å². The van der Waals surface area contributed by atoms with Crippen LogP contribution in [0, 0.1) is 10.1 Å². The van der Waals surface area contributed by atoms with Crippen LogP contribution in [0.2, 0.25) is 5.15 Å². The highest BCUT2D eigenvalue weighted by Gasteiger charge is 2.23. The van der Waals surface area contributed by atoms with Crippen molar-refractivity contribution in [2.24, 2.45) is 0 Å². The van der Waals surface area contributed by atoms with Crippen molar-refractivity contribution in [3.8, 4) is 0 Å². The van der Waals surface area contributed by atoms with Gasteiger partial charge in [0.1, 0.15) is 6.33 Å². The number of hydrogen-bond acceptors (Lipinski definition) is 5. The monoisotopic (exact) mass is 278 g/mol. The first kappa shape index (κ1) is 12.9. The molecule has 0 saturated heterocycles. The summed E-state index contributed by atoms with van der Waals surface area (Å²) in [7, 11) is 0. The SMILES string of the molecule is O=C(Nc1ncnc(Cl)c1[N+](=O)[O-])c1ccccc1. The van der Waals surface area contributed by atoms with Crippen LogP contribution < -0.4 is 5.32 Å². The molecule has 2 aromatic rings. The molecule has 0 aliphatic carbocycles. The summed E-state index contributed by atoms with van der Waals surface area (Å²) < 4.78 is 0. The van der Waals surface area contributed by atoms with Crippen LogP contribution >= 0.6 is 11.6 Å². The number of nitro groups is 1. The third-order valence-corrected chi connectivity index (χ3v) is 2.50. The Kier molecular flexibility index (Phi) is 3.67. The first-order chi connectivity index (χ1) is 9.09. The lowest BCUT2D eigenvalue weighted by Gasteiger charge is -2.05. The van der Waals surface area contributed by atoms with Gasteiger partial charge in [0.25, 0.3) is 5.91 Å². The zero-order valence-corrected chi connectivity index (χ0v) is 10.2. The molecular formula is C11H7ClN4O3. The van der Waals surface area contributed by atoms with E-state index in [1.165, 1.54) is 0 Å². The zero-order chi connectivity index (χ0) is 13.8. The number of amides is 1. The molecule has 7 nitrogen and oxygen atoms in total. The molecule has 2 rings (SSSR count). The topological polar surface area (TPSA) is 98.0 Å². The van der Waals surface area contributed by atoms with Crippen LogP contribution in [0.15, 0.2) is 36.7 Å². The summed E-state index contributed by atoms with van der Waals surface area (Å²) in [6.45, 7) is 0. The Labute approximate surface area is 112 Å². The van der Waals surface area contributed by atoms with E-state index in [4.69, 9.17) is 11.6 Å². The molecule has 1 N–H and O–H groups in total. The van der Waals surface area contributed by atoms with Crippen LogP contribution in [-0.2, 0) is 0 Å². The predicted octanol–water partition coefficient (Wildman–Crippen LogP) is 2.29. The molecular weight excluding hydrogens is 272 g/mol. The number of benzene rings is 1. The smallest absolute Gasteiger partial charge is 0.301 e. The van der Waals surface area contributed by atoms with E-state index < -0.39 is 16.5 Å². The summed E-state index contributed by atoms with van der Waals surface area (Å²) >= 11 is 5.61. The third-order valence-electron chi connectivity index (χ3n) is 2.23. The number of aromatic nitrogens is 2. The number of hydrogen-bond donors (Lipinski definition) is 1. The molecule has 96 valence electrons. The molecule has 0 spiro atoms. The minimum absolute atomic E-state index is 0.237. The Bertz CT molecular complexity index is 633. The van der Waals surface area contributed by atoms with Crippen molar-refractivity contribution < 1.29 is 9.72 Å². The van der Waals surface area contributed by atoms with Gasteiger partial charge in [-0.05, 0) is 12.1 Å². The molecule has 0 aliphatic rings. The molecule has 0 atom stereocenters. The highest BCUT2D eigenvalue weighted by molar-refractivity contribution is 6.32. The molecule has 0 aliphatic heterocycles. The van der Waals surface area contributed by atoms with Crippen LogP contribution in [0.1, 0.15) is 10.4 Å². The highest BCUT2D eigenvalue weighted by Crippen LogP contribution is 2.28. The number of nitrogens with one attached hydrogen (secondary N) is 1. The highest BCUT2D eigenvalue weighted by atomic mass is 35.5. The lowest BCUT2D eigenvalue weighted by atomic mass is 10.2. The fourth-order valence-electron chi connectivity index (χ4n) is 1.38. The zero-order valence-electron chi connectivity index (χ0n) is 9.41. The van der Waals surface area contributed by atoms with Gasteiger partial charge in [0.15, 0.2) is 0 Å². The fraction of sp³-hybridized carbons (Fsp3) is 0. The molecule has 0 unspecified atom stereocenters. The van der Waals surface area contributed by atoms with E-state index in [0.717, 1.165) is 6.33 Å². The molecule has 0 radical (unpaired) electrons. The standard InChI is InChI=1S/C11H7ClN4O3/c12-9-8(16(18)19)10(14-6-13-9)15-11(17)7-4-2-1-3-5-7/h1-6H,(H,13,14,15,17). The molecule has 0 bridgehead atoms. The van der Waals surface area contributed by atoms with Crippen molar-refractivity contribution in [1.29, 1.82) is 0 Å². The normalized spacial score (nSPS) is 9.95. The van der Waals surface area contributed by atoms with Gasteiger partial charge in [0.2, 0.25) is 11.0 Å². The maximum Gasteiger partial charge on any atom is 0.348 e. The van der Waals surface area contributed by atoms with Gasteiger partial charge in [-0.15, -0.1) is 0 Å². The molecule has 8 heteroatoms. The van der Waals surface area contributed by atoms with E-state index in [-0.39, 0.29) is 11.0 Å². The second-order valence-electron chi connectivity index (χ2n) is 3.44. The second kappa shape index (κ2) is 5.40. The fourth-order valence-corrected chi connectivity index (χ4v) is 1.58. The van der Waals surface area contributed by atoms with Gasteiger partial charge in [-0.25, -0.2) is 9.97 Å². The van der Waals surface area contributed by atoms with Crippen molar-refractivity contribution in [1.82, 2.24) is 9.97 Å². The average Bonchev–Trinajstić information content (AvgIpc) is 2.39. The maximum atomic E-state index is 11.9. The molecule has 1 aromatic heterocycles. The van der Waals surface area contributed by atoms with E-state index in [1.54, 1.807) is 30.3 Å². The second-order valence-corrected chi connectivity index (χ2v) is 3.80. The Morgan fingerprint density at radius 1 is 1.26 bits per heavy atom. The minimum atomic E-state index is -0.747. The predicted molar refractivity (Wildman–Crippen MR) is 68.1 cm³/mol. The van der Waals surface area contributed by atoms with E-state index in [2.05, 4.69) is 15.3 Å².